The molecule has 1 atom stereocenters. The van der Waals surface area contributed by atoms with Crippen LogP contribution in [0.15, 0.2) is 36.5 Å². The molecular weight excluding hydrogens is 224 g/mol. The van der Waals surface area contributed by atoms with E-state index >= 15 is 0 Å². The molecule has 1 rings (SSSR count). The SMILES string of the molecule is CCCC1CCCCC/C=C/C=C/C=C/C(=O)O1. The first-order chi connectivity index (χ1) is 8.83. The molecule has 1 aliphatic heterocycles. The maximum absolute atomic E-state index is 11.6. The van der Waals surface area contributed by atoms with Gasteiger partial charge in [0.05, 0.1) is 0 Å². The van der Waals surface area contributed by atoms with Crippen LogP contribution in [0, 0.1) is 0 Å². The van der Waals surface area contributed by atoms with Crippen LogP contribution in [0.2, 0.25) is 0 Å². The van der Waals surface area contributed by atoms with Crippen molar-refractivity contribution in [3.63, 3.8) is 0 Å². The molecule has 0 aromatic carbocycles. The summed E-state index contributed by atoms with van der Waals surface area (Å²) in [6, 6.07) is 0. The summed E-state index contributed by atoms with van der Waals surface area (Å²) in [4.78, 5) is 11.6. The van der Waals surface area contributed by atoms with E-state index < -0.39 is 0 Å². The lowest BCUT2D eigenvalue weighted by molar-refractivity contribution is -0.143. The molecule has 18 heavy (non-hydrogen) atoms. The first kappa shape index (κ1) is 14.7. The van der Waals surface area contributed by atoms with Gasteiger partial charge in [-0.05, 0) is 32.1 Å². The van der Waals surface area contributed by atoms with Crippen molar-refractivity contribution < 1.29 is 9.53 Å². The molecule has 0 bridgehead atoms. The molecule has 2 heteroatoms. The van der Waals surface area contributed by atoms with Crippen molar-refractivity contribution in [1.82, 2.24) is 0 Å². The van der Waals surface area contributed by atoms with Crippen molar-refractivity contribution in [3.05, 3.63) is 36.5 Å². The zero-order valence-electron chi connectivity index (χ0n) is 11.3. The Labute approximate surface area is 110 Å². The van der Waals surface area contributed by atoms with Gasteiger partial charge in [-0.25, -0.2) is 4.79 Å². The van der Waals surface area contributed by atoms with E-state index in [2.05, 4.69) is 13.0 Å². The van der Waals surface area contributed by atoms with E-state index in [9.17, 15) is 4.79 Å². The van der Waals surface area contributed by atoms with Crippen molar-refractivity contribution in [3.8, 4) is 0 Å². The van der Waals surface area contributed by atoms with Crippen LogP contribution in [0.5, 0.6) is 0 Å². The van der Waals surface area contributed by atoms with Gasteiger partial charge in [0.1, 0.15) is 6.10 Å². The van der Waals surface area contributed by atoms with Crippen molar-refractivity contribution in [2.75, 3.05) is 0 Å². The number of carbonyl (C=O) groups is 1. The summed E-state index contributed by atoms with van der Waals surface area (Å²) in [6.07, 6.45) is 19.1. The Bertz CT molecular complexity index is 313. The molecule has 1 unspecified atom stereocenters. The lowest BCUT2D eigenvalue weighted by atomic mass is 10.1. The highest BCUT2D eigenvalue weighted by Gasteiger charge is 2.11. The number of hydrogen-bond acceptors (Lipinski definition) is 2. The van der Waals surface area contributed by atoms with Crippen molar-refractivity contribution in [2.24, 2.45) is 0 Å². The van der Waals surface area contributed by atoms with E-state index in [0.29, 0.717) is 0 Å². The normalized spacial score (nSPS) is 27.8. The summed E-state index contributed by atoms with van der Waals surface area (Å²) in [5, 5.41) is 0. The quantitative estimate of drug-likeness (QED) is 0.680. The van der Waals surface area contributed by atoms with E-state index in [-0.39, 0.29) is 12.1 Å². The number of ether oxygens (including phenoxy) is 1. The van der Waals surface area contributed by atoms with Gasteiger partial charge in [-0.3, -0.25) is 0 Å². The molecule has 0 radical (unpaired) electrons. The molecule has 0 aromatic rings. The van der Waals surface area contributed by atoms with Crippen molar-refractivity contribution >= 4 is 5.97 Å². The molecule has 0 saturated heterocycles. The van der Waals surface area contributed by atoms with Crippen LogP contribution in [-0.2, 0) is 9.53 Å². The first-order valence-electron chi connectivity index (χ1n) is 7.03. The van der Waals surface area contributed by atoms with Gasteiger partial charge >= 0.3 is 5.97 Å². The standard InChI is InChI=1S/C16H24O2/c1-2-12-15-13-10-8-6-4-3-5-7-9-11-14-16(17)18-15/h3,5,7,9,11,14-15H,2,4,6,8,10,12-13H2,1H3/b5-3+,9-7+,14-11+. The van der Waals surface area contributed by atoms with Gasteiger partial charge in [0, 0.05) is 6.08 Å². The Kier molecular flexibility index (Phi) is 7.94. The Balaban J connectivity index is 2.55. The molecular formula is C16H24O2. The van der Waals surface area contributed by atoms with Crippen LogP contribution in [0.1, 0.15) is 51.9 Å². The predicted octanol–water partition coefficient (Wildman–Crippen LogP) is 4.33. The largest absolute Gasteiger partial charge is 0.459 e. The average Bonchev–Trinajstić information content (AvgIpc) is 2.35. The molecule has 0 spiro atoms. The van der Waals surface area contributed by atoms with Crippen LogP contribution in [0.3, 0.4) is 0 Å². The smallest absolute Gasteiger partial charge is 0.331 e. The van der Waals surface area contributed by atoms with Crippen LogP contribution in [-0.4, -0.2) is 12.1 Å². The third kappa shape index (κ3) is 7.10. The molecule has 1 heterocycles. The number of cyclic esters (lactones) is 1. The lowest BCUT2D eigenvalue weighted by Crippen LogP contribution is -2.16. The second-order valence-electron chi connectivity index (χ2n) is 4.66. The minimum atomic E-state index is -0.223. The Hall–Kier alpha value is -1.31. The molecule has 0 aliphatic carbocycles. The minimum Gasteiger partial charge on any atom is -0.459 e. The summed E-state index contributed by atoms with van der Waals surface area (Å²) in [5.74, 6) is -0.223. The van der Waals surface area contributed by atoms with Gasteiger partial charge in [-0.2, -0.15) is 0 Å². The number of rotatable bonds is 2. The van der Waals surface area contributed by atoms with Crippen LogP contribution >= 0.6 is 0 Å². The van der Waals surface area contributed by atoms with Gasteiger partial charge in [0.25, 0.3) is 0 Å². The van der Waals surface area contributed by atoms with E-state index in [1.807, 2.05) is 18.2 Å². The maximum atomic E-state index is 11.6. The Morgan fingerprint density at radius 2 is 2.00 bits per heavy atom. The first-order valence-corrected chi connectivity index (χ1v) is 7.03. The molecule has 1 aliphatic rings. The zero-order valence-corrected chi connectivity index (χ0v) is 11.3. The summed E-state index contributed by atoms with van der Waals surface area (Å²) < 4.78 is 5.46. The summed E-state index contributed by atoms with van der Waals surface area (Å²) >= 11 is 0. The summed E-state index contributed by atoms with van der Waals surface area (Å²) in [6.45, 7) is 2.13. The highest BCUT2D eigenvalue weighted by atomic mass is 16.5. The molecule has 0 aromatic heterocycles. The van der Waals surface area contributed by atoms with Crippen LogP contribution in [0.25, 0.3) is 0 Å². The molecule has 100 valence electrons. The third-order valence-electron chi connectivity index (χ3n) is 2.99. The average molecular weight is 248 g/mol. The molecule has 0 amide bonds. The zero-order chi connectivity index (χ0) is 13.1. The second kappa shape index (κ2) is 9.69. The number of allylic oxidation sites excluding steroid dienone is 5. The second-order valence-corrected chi connectivity index (χ2v) is 4.66. The van der Waals surface area contributed by atoms with Gasteiger partial charge in [0.2, 0.25) is 0 Å². The van der Waals surface area contributed by atoms with Crippen molar-refractivity contribution in [2.45, 2.75) is 58.0 Å². The fourth-order valence-corrected chi connectivity index (χ4v) is 2.04. The molecule has 2 nitrogen and oxygen atoms in total. The predicted molar refractivity (Wildman–Crippen MR) is 75.3 cm³/mol. The molecule has 0 fully saturated rings. The van der Waals surface area contributed by atoms with Crippen LogP contribution < -0.4 is 0 Å². The molecule has 0 saturated carbocycles. The third-order valence-corrected chi connectivity index (χ3v) is 2.99. The number of carbonyl (C=O) groups excluding carboxylic acids is 1. The fourth-order valence-electron chi connectivity index (χ4n) is 2.04. The van der Waals surface area contributed by atoms with E-state index in [0.717, 1.165) is 32.1 Å². The van der Waals surface area contributed by atoms with E-state index in [4.69, 9.17) is 4.74 Å². The van der Waals surface area contributed by atoms with Gasteiger partial charge in [0.15, 0.2) is 0 Å². The lowest BCUT2D eigenvalue weighted by Gasteiger charge is -2.16. The number of hydrogen-bond donors (Lipinski definition) is 0. The molecule has 0 N–H and O–H groups in total. The minimum absolute atomic E-state index is 0.0922. The van der Waals surface area contributed by atoms with Crippen LogP contribution in [0.4, 0.5) is 0 Å². The van der Waals surface area contributed by atoms with Crippen molar-refractivity contribution in [1.29, 1.82) is 0 Å². The highest BCUT2D eigenvalue weighted by Crippen LogP contribution is 2.14. The van der Waals surface area contributed by atoms with E-state index in [1.54, 1.807) is 6.08 Å². The maximum Gasteiger partial charge on any atom is 0.331 e. The topological polar surface area (TPSA) is 26.3 Å². The summed E-state index contributed by atoms with van der Waals surface area (Å²) in [7, 11) is 0. The Morgan fingerprint density at radius 3 is 2.83 bits per heavy atom. The fraction of sp³-hybridized carbons (Fsp3) is 0.562. The number of esters is 1. The summed E-state index contributed by atoms with van der Waals surface area (Å²) in [5.41, 5.74) is 0. The van der Waals surface area contributed by atoms with Gasteiger partial charge in [-0.1, -0.05) is 50.1 Å². The monoisotopic (exact) mass is 248 g/mol. The van der Waals surface area contributed by atoms with Gasteiger partial charge in [-0.15, -0.1) is 0 Å². The van der Waals surface area contributed by atoms with Gasteiger partial charge < -0.3 is 4.74 Å². The highest BCUT2D eigenvalue weighted by molar-refractivity contribution is 5.82. The Morgan fingerprint density at radius 1 is 1.17 bits per heavy atom. The van der Waals surface area contributed by atoms with E-state index in [1.165, 1.54) is 18.9 Å².